The van der Waals surface area contributed by atoms with Crippen molar-refractivity contribution in [3.05, 3.63) is 12.3 Å². The molecular weight excluding hydrogens is 374 g/mol. The number of aromatic nitrogens is 1. The number of pyridine rings is 1. The highest BCUT2D eigenvalue weighted by molar-refractivity contribution is 7.89. The fourth-order valence-corrected chi connectivity index (χ4v) is 3.79. The first-order chi connectivity index (χ1) is 11.4. The molecule has 0 spiro atoms. The third kappa shape index (κ3) is 5.18. The van der Waals surface area contributed by atoms with Gasteiger partial charge in [0.25, 0.3) is 5.88 Å². The van der Waals surface area contributed by atoms with Gasteiger partial charge in [-0.1, -0.05) is 6.92 Å². The van der Waals surface area contributed by atoms with Gasteiger partial charge in [-0.05, 0) is 13.5 Å². The molecule has 0 atom stereocenters. The van der Waals surface area contributed by atoms with Gasteiger partial charge < -0.3 is 19.5 Å². The van der Waals surface area contributed by atoms with Gasteiger partial charge in [0.15, 0.2) is 5.75 Å². The second kappa shape index (κ2) is 9.18. The number of carboxylic acid groups (broad SMARTS) is 1. The summed E-state index contributed by atoms with van der Waals surface area (Å²) in [5.74, 6) is -0.299. The van der Waals surface area contributed by atoms with Crippen LogP contribution in [-0.4, -0.2) is 73.2 Å². The Kier molecular flexibility index (Phi) is 7.87. The summed E-state index contributed by atoms with van der Waals surface area (Å²) in [6.45, 7) is 6.89. The Balaban J connectivity index is 0.00000312. The van der Waals surface area contributed by atoms with Crippen molar-refractivity contribution in [2.24, 2.45) is 0 Å². The van der Waals surface area contributed by atoms with E-state index in [-0.39, 0.29) is 35.5 Å². The van der Waals surface area contributed by atoms with Crippen molar-refractivity contribution in [3.63, 3.8) is 0 Å². The van der Waals surface area contributed by atoms with Crippen LogP contribution in [-0.2, 0) is 10.0 Å². The summed E-state index contributed by atoms with van der Waals surface area (Å²) in [4.78, 5) is 16.7. The molecule has 2 heterocycles. The van der Waals surface area contributed by atoms with Crippen LogP contribution in [0.1, 0.15) is 13.8 Å². The molecule has 142 valence electrons. The summed E-state index contributed by atoms with van der Waals surface area (Å²) in [5, 5.41) is 8.79. The third-order valence-electron chi connectivity index (χ3n) is 3.69. The van der Waals surface area contributed by atoms with Crippen LogP contribution in [0.4, 0.5) is 4.79 Å². The number of piperazine rings is 1. The number of rotatable bonds is 6. The van der Waals surface area contributed by atoms with E-state index < -0.39 is 16.2 Å². The molecule has 1 fully saturated rings. The fourth-order valence-electron chi connectivity index (χ4n) is 2.40. The summed E-state index contributed by atoms with van der Waals surface area (Å²) in [7, 11) is -3.77. The Morgan fingerprint density at radius 3 is 2.44 bits per heavy atom. The number of halogens is 1. The van der Waals surface area contributed by atoms with Crippen molar-refractivity contribution in [1.29, 1.82) is 0 Å². The van der Waals surface area contributed by atoms with E-state index in [0.717, 1.165) is 18.8 Å². The Bertz CT molecular complexity index is 692. The molecule has 1 saturated heterocycles. The zero-order chi connectivity index (χ0) is 17.7. The SMILES string of the molecule is CCOc1ncc(S(=O)(=O)N2CCN(CC)CC2)cc1OC(=O)O.Cl. The van der Waals surface area contributed by atoms with Crippen LogP contribution in [0, 0.1) is 0 Å². The molecule has 0 bridgehead atoms. The molecule has 1 aromatic heterocycles. The van der Waals surface area contributed by atoms with E-state index in [0.29, 0.717) is 26.2 Å². The molecule has 1 aromatic rings. The lowest BCUT2D eigenvalue weighted by Crippen LogP contribution is -2.48. The lowest BCUT2D eigenvalue weighted by atomic mass is 10.4. The third-order valence-corrected chi connectivity index (χ3v) is 5.55. The summed E-state index contributed by atoms with van der Waals surface area (Å²) in [5.41, 5.74) is 0. The number of likely N-dealkylation sites (N-methyl/N-ethyl adjacent to an activating group) is 1. The topological polar surface area (TPSA) is 109 Å². The van der Waals surface area contributed by atoms with Crippen LogP contribution in [0.15, 0.2) is 17.2 Å². The van der Waals surface area contributed by atoms with Gasteiger partial charge in [0.1, 0.15) is 4.90 Å². The molecule has 1 aliphatic rings. The average Bonchev–Trinajstić information content (AvgIpc) is 2.56. The minimum absolute atomic E-state index is 0. The molecular formula is C14H22ClN3O6S. The lowest BCUT2D eigenvalue weighted by molar-refractivity contribution is 0.141. The van der Waals surface area contributed by atoms with Gasteiger partial charge in [0.2, 0.25) is 10.0 Å². The second-order valence-electron chi connectivity index (χ2n) is 5.11. The largest absolute Gasteiger partial charge is 0.511 e. The van der Waals surface area contributed by atoms with E-state index in [9.17, 15) is 13.2 Å². The molecule has 1 aliphatic heterocycles. The second-order valence-corrected chi connectivity index (χ2v) is 7.05. The molecule has 0 saturated carbocycles. The predicted molar refractivity (Wildman–Crippen MR) is 92.2 cm³/mol. The molecule has 0 unspecified atom stereocenters. The van der Waals surface area contributed by atoms with Gasteiger partial charge in [-0.3, -0.25) is 0 Å². The minimum Gasteiger partial charge on any atom is -0.475 e. The normalized spacial score (nSPS) is 16.1. The molecule has 2 rings (SSSR count). The summed E-state index contributed by atoms with van der Waals surface area (Å²) < 4.78 is 36.5. The van der Waals surface area contributed by atoms with E-state index in [1.54, 1.807) is 6.92 Å². The smallest absolute Gasteiger partial charge is 0.475 e. The van der Waals surface area contributed by atoms with E-state index in [1.165, 1.54) is 4.31 Å². The maximum absolute atomic E-state index is 12.7. The minimum atomic E-state index is -3.77. The monoisotopic (exact) mass is 395 g/mol. The van der Waals surface area contributed by atoms with Gasteiger partial charge in [-0.25, -0.2) is 18.2 Å². The van der Waals surface area contributed by atoms with Crippen LogP contribution >= 0.6 is 12.4 Å². The number of hydrogen-bond donors (Lipinski definition) is 1. The van der Waals surface area contributed by atoms with Gasteiger partial charge in [0, 0.05) is 32.2 Å². The number of carbonyl (C=O) groups is 1. The van der Waals surface area contributed by atoms with Gasteiger partial charge in [-0.2, -0.15) is 4.31 Å². The van der Waals surface area contributed by atoms with Gasteiger partial charge in [0.05, 0.1) is 12.8 Å². The first-order valence-electron chi connectivity index (χ1n) is 7.64. The summed E-state index contributed by atoms with van der Waals surface area (Å²) in [6.07, 6.45) is -0.412. The summed E-state index contributed by atoms with van der Waals surface area (Å²) in [6, 6.07) is 1.13. The zero-order valence-corrected chi connectivity index (χ0v) is 15.7. The van der Waals surface area contributed by atoms with Crippen LogP contribution in [0.25, 0.3) is 0 Å². The average molecular weight is 396 g/mol. The Morgan fingerprint density at radius 2 is 1.92 bits per heavy atom. The maximum atomic E-state index is 12.7. The van der Waals surface area contributed by atoms with Crippen molar-refractivity contribution >= 4 is 28.6 Å². The number of sulfonamides is 1. The fraction of sp³-hybridized carbons (Fsp3) is 0.571. The van der Waals surface area contributed by atoms with Crippen molar-refractivity contribution < 1.29 is 27.8 Å². The quantitative estimate of drug-likeness (QED) is 0.717. The Morgan fingerprint density at radius 1 is 1.28 bits per heavy atom. The van der Waals surface area contributed by atoms with E-state index in [4.69, 9.17) is 9.84 Å². The van der Waals surface area contributed by atoms with Crippen molar-refractivity contribution in [2.45, 2.75) is 18.7 Å². The van der Waals surface area contributed by atoms with Gasteiger partial charge in [-0.15, -0.1) is 12.4 Å². The van der Waals surface area contributed by atoms with Crippen LogP contribution in [0.3, 0.4) is 0 Å². The molecule has 0 aromatic carbocycles. The van der Waals surface area contributed by atoms with Crippen molar-refractivity contribution in [3.8, 4) is 11.6 Å². The van der Waals surface area contributed by atoms with Crippen LogP contribution in [0.5, 0.6) is 11.6 Å². The Hall–Kier alpha value is -1.62. The first kappa shape index (κ1) is 21.4. The Labute approximate surface area is 153 Å². The molecule has 25 heavy (non-hydrogen) atoms. The standard InChI is InChI=1S/C14H21N3O6S.ClH/c1-3-16-5-7-17(8-6-16)24(20,21)11-9-12(23-14(18)19)13(15-10-11)22-4-2;/h9-10H,3-8H2,1-2H3,(H,18,19);1H. The van der Waals surface area contributed by atoms with E-state index >= 15 is 0 Å². The molecule has 9 nitrogen and oxygen atoms in total. The predicted octanol–water partition coefficient (Wildman–Crippen LogP) is 1.29. The van der Waals surface area contributed by atoms with Crippen molar-refractivity contribution in [2.75, 3.05) is 39.3 Å². The van der Waals surface area contributed by atoms with Crippen LogP contribution < -0.4 is 9.47 Å². The number of nitrogens with zero attached hydrogens (tertiary/aromatic N) is 3. The van der Waals surface area contributed by atoms with Crippen molar-refractivity contribution in [1.82, 2.24) is 14.2 Å². The lowest BCUT2D eigenvalue weighted by Gasteiger charge is -2.33. The molecule has 11 heteroatoms. The first-order valence-corrected chi connectivity index (χ1v) is 9.08. The highest BCUT2D eigenvalue weighted by Crippen LogP contribution is 2.29. The van der Waals surface area contributed by atoms with E-state index in [2.05, 4.69) is 14.6 Å². The maximum Gasteiger partial charge on any atom is 0.511 e. The van der Waals surface area contributed by atoms with Crippen LogP contribution in [0.2, 0.25) is 0 Å². The van der Waals surface area contributed by atoms with Gasteiger partial charge >= 0.3 is 6.16 Å². The molecule has 1 N–H and O–H groups in total. The van der Waals surface area contributed by atoms with E-state index in [1.807, 2.05) is 6.92 Å². The summed E-state index contributed by atoms with van der Waals surface area (Å²) >= 11 is 0. The highest BCUT2D eigenvalue weighted by atomic mass is 35.5. The zero-order valence-electron chi connectivity index (χ0n) is 14.0. The highest BCUT2D eigenvalue weighted by Gasteiger charge is 2.29. The molecule has 0 amide bonds. The number of hydrogen-bond acceptors (Lipinski definition) is 7. The molecule has 0 aliphatic carbocycles. The molecule has 0 radical (unpaired) electrons. The number of ether oxygens (including phenoxy) is 2.